The van der Waals surface area contributed by atoms with E-state index in [9.17, 15) is 14.7 Å². The smallest absolute Gasteiger partial charge is 0.303 e. The third-order valence-electron chi connectivity index (χ3n) is 7.79. The number of hydrogen-bond donors (Lipinski definition) is 2. The van der Waals surface area contributed by atoms with Crippen molar-refractivity contribution in [3.63, 3.8) is 0 Å². The second kappa shape index (κ2) is 8.34. The van der Waals surface area contributed by atoms with Crippen LogP contribution in [0.1, 0.15) is 44.9 Å². The van der Waals surface area contributed by atoms with Crippen molar-refractivity contribution in [2.24, 2.45) is 17.3 Å². The normalized spacial score (nSPS) is 29.2. The van der Waals surface area contributed by atoms with E-state index in [2.05, 4.69) is 10.4 Å². The average Bonchev–Trinajstić information content (AvgIpc) is 2.75. The Balaban J connectivity index is 1.50. The summed E-state index contributed by atoms with van der Waals surface area (Å²) >= 11 is 12.8. The van der Waals surface area contributed by atoms with Gasteiger partial charge in [-0.05, 0) is 61.8 Å². The van der Waals surface area contributed by atoms with E-state index in [1.807, 2.05) is 0 Å². The minimum Gasteiger partial charge on any atom is -0.495 e. The number of carboxylic acids is 1. The molecule has 4 saturated carbocycles. The molecular formula is C24H27Cl2N3O5. The number of ether oxygens (including phenoxy) is 2. The van der Waals surface area contributed by atoms with Gasteiger partial charge in [0.05, 0.1) is 48.8 Å². The van der Waals surface area contributed by atoms with Crippen molar-refractivity contribution in [3.8, 4) is 11.5 Å². The van der Waals surface area contributed by atoms with Crippen LogP contribution >= 0.6 is 23.2 Å². The summed E-state index contributed by atoms with van der Waals surface area (Å²) in [7, 11) is 3.03. The zero-order chi connectivity index (χ0) is 24.3. The fraction of sp³-hybridized carbons (Fsp3) is 0.542. The molecule has 2 N–H and O–H groups in total. The Labute approximate surface area is 207 Å². The number of carbonyl (C=O) groups is 1. The lowest BCUT2D eigenvalue weighted by Gasteiger charge is -2.61. The molecule has 4 fully saturated rings. The highest BCUT2D eigenvalue weighted by molar-refractivity contribution is 6.33. The lowest BCUT2D eigenvalue weighted by Crippen LogP contribution is -2.59. The van der Waals surface area contributed by atoms with Gasteiger partial charge in [-0.25, -0.2) is 4.68 Å². The van der Waals surface area contributed by atoms with E-state index in [0.29, 0.717) is 46.2 Å². The van der Waals surface area contributed by atoms with Gasteiger partial charge in [-0.1, -0.05) is 23.2 Å². The van der Waals surface area contributed by atoms with Crippen molar-refractivity contribution in [1.82, 2.24) is 9.78 Å². The number of aromatic nitrogens is 2. The van der Waals surface area contributed by atoms with Crippen molar-refractivity contribution in [3.05, 3.63) is 38.7 Å². The largest absolute Gasteiger partial charge is 0.495 e. The fourth-order valence-electron chi connectivity index (χ4n) is 7.14. The molecule has 0 radical (unpaired) electrons. The molecule has 4 aliphatic carbocycles. The maximum Gasteiger partial charge on any atom is 0.303 e. The minimum atomic E-state index is -0.776. The van der Waals surface area contributed by atoms with Gasteiger partial charge >= 0.3 is 5.97 Å². The van der Waals surface area contributed by atoms with Gasteiger partial charge < -0.3 is 19.9 Å². The molecule has 1 aromatic heterocycles. The van der Waals surface area contributed by atoms with Crippen LogP contribution in [-0.2, 0) is 10.3 Å². The van der Waals surface area contributed by atoms with E-state index in [1.54, 1.807) is 18.3 Å². The van der Waals surface area contributed by atoms with Crippen LogP contribution in [0.4, 0.5) is 11.4 Å². The van der Waals surface area contributed by atoms with Crippen LogP contribution in [0.5, 0.6) is 11.5 Å². The van der Waals surface area contributed by atoms with E-state index in [4.69, 9.17) is 32.7 Å². The molecule has 2 aromatic rings. The molecule has 0 aliphatic heterocycles. The van der Waals surface area contributed by atoms with Crippen molar-refractivity contribution in [2.45, 2.75) is 50.5 Å². The van der Waals surface area contributed by atoms with Gasteiger partial charge in [-0.3, -0.25) is 9.59 Å². The topological polar surface area (TPSA) is 103 Å². The zero-order valence-corrected chi connectivity index (χ0v) is 20.6. The van der Waals surface area contributed by atoms with E-state index in [1.165, 1.54) is 18.9 Å². The molecule has 4 bridgehead atoms. The standard InChI is InChI=1S/C24H27Cl2N3O5/c1-33-18-5-19(34-2)16(4-15(18)25)28-17-11-27-29(22(32)21(17)26)24-8-13-3-14(9-24)7-23(6-13,12-24)10-20(30)31/h4-5,11,13-14,28H,3,6-10,12H2,1-2H3,(H,30,31)/t13-,14+,23?,24?. The van der Waals surface area contributed by atoms with Crippen LogP contribution in [0, 0.1) is 17.3 Å². The van der Waals surface area contributed by atoms with E-state index in [-0.39, 0.29) is 22.4 Å². The second-order valence-corrected chi connectivity index (χ2v) is 10.9. The first-order chi connectivity index (χ1) is 16.2. The van der Waals surface area contributed by atoms with Crippen molar-refractivity contribution >= 4 is 40.5 Å². The number of methoxy groups -OCH3 is 2. The van der Waals surface area contributed by atoms with Gasteiger partial charge in [0.15, 0.2) is 0 Å². The zero-order valence-electron chi connectivity index (χ0n) is 19.1. The summed E-state index contributed by atoms with van der Waals surface area (Å²) in [4.78, 5) is 25.1. The van der Waals surface area contributed by atoms with Crippen molar-refractivity contribution in [2.75, 3.05) is 19.5 Å². The monoisotopic (exact) mass is 507 g/mol. The summed E-state index contributed by atoms with van der Waals surface area (Å²) in [5.41, 5.74) is -0.275. The Bertz CT molecular complexity index is 1200. The first-order valence-electron chi connectivity index (χ1n) is 11.4. The van der Waals surface area contributed by atoms with Gasteiger partial charge in [-0.15, -0.1) is 0 Å². The van der Waals surface area contributed by atoms with Gasteiger partial charge in [0.2, 0.25) is 0 Å². The molecule has 0 saturated heterocycles. The van der Waals surface area contributed by atoms with Crippen LogP contribution in [0.25, 0.3) is 0 Å². The molecule has 182 valence electrons. The lowest BCUT2D eigenvalue weighted by atomic mass is 9.46. The summed E-state index contributed by atoms with van der Waals surface area (Å²) in [6, 6.07) is 3.28. The summed E-state index contributed by atoms with van der Waals surface area (Å²) in [6.45, 7) is 0. The van der Waals surface area contributed by atoms with Gasteiger partial charge in [0.25, 0.3) is 5.56 Å². The SMILES string of the molecule is COc1cc(OC)c(Nc2cnn(C34C[C@@H]5C[C@@H](CC(CC(=O)O)(C5)C3)C4)c(=O)c2Cl)cc1Cl. The van der Waals surface area contributed by atoms with Crippen LogP contribution in [0.15, 0.2) is 23.1 Å². The Morgan fingerprint density at radius 3 is 2.44 bits per heavy atom. The molecule has 1 aromatic carbocycles. The first-order valence-corrected chi connectivity index (χ1v) is 12.1. The van der Waals surface area contributed by atoms with Gasteiger partial charge in [0, 0.05) is 6.07 Å². The fourth-order valence-corrected chi connectivity index (χ4v) is 7.55. The summed E-state index contributed by atoms with van der Waals surface area (Å²) in [6.07, 6.45) is 6.94. The molecule has 4 atom stereocenters. The molecule has 6 rings (SSSR count). The number of nitrogens with one attached hydrogen (secondary N) is 1. The number of halogens is 2. The molecule has 10 heteroatoms. The van der Waals surface area contributed by atoms with Crippen molar-refractivity contribution in [1.29, 1.82) is 0 Å². The van der Waals surface area contributed by atoms with Crippen molar-refractivity contribution < 1.29 is 19.4 Å². The third-order valence-corrected chi connectivity index (χ3v) is 8.45. The van der Waals surface area contributed by atoms with Gasteiger partial charge in [-0.2, -0.15) is 5.10 Å². The Morgan fingerprint density at radius 2 is 1.82 bits per heavy atom. The molecule has 0 spiro atoms. The predicted octanol–water partition coefficient (Wildman–Crippen LogP) is 5.08. The number of rotatable bonds is 7. The quantitative estimate of drug-likeness (QED) is 0.538. The summed E-state index contributed by atoms with van der Waals surface area (Å²) < 4.78 is 12.2. The van der Waals surface area contributed by atoms with E-state index >= 15 is 0 Å². The lowest BCUT2D eigenvalue weighted by molar-refractivity contribution is -0.151. The first kappa shape index (κ1) is 23.3. The van der Waals surface area contributed by atoms with Gasteiger partial charge in [0.1, 0.15) is 16.5 Å². The third kappa shape index (κ3) is 3.81. The predicted molar refractivity (Wildman–Crippen MR) is 129 cm³/mol. The minimum absolute atomic E-state index is 0.0204. The van der Waals surface area contributed by atoms with Crippen LogP contribution in [0.3, 0.4) is 0 Å². The number of benzene rings is 1. The molecular weight excluding hydrogens is 481 g/mol. The molecule has 34 heavy (non-hydrogen) atoms. The Kier molecular flexibility index (Phi) is 5.72. The molecule has 1 heterocycles. The number of anilines is 2. The highest BCUT2D eigenvalue weighted by Crippen LogP contribution is 2.65. The molecule has 0 amide bonds. The molecule has 2 unspecified atom stereocenters. The van der Waals surface area contributed by atoms with E-state index < -0.39 is 11.5 Å². The van der Waals surface area contributed by atoms with Crippen LogP contribution in [0.2, 0.25) is 10.0 Å². The molecule has 8 nitrogen and oxygen atoms in total. The van der Waals surface area contributed by atoms with E-state index in [0.717, 1.165) is 32.1 Å². The summed E-state index contributed by atoms with van der Waals surface area (Å²) in [5, 5.41) is 17.6. The van der Waals surface area contributed by atoms with Crippen LogP contribution in [-0.4, -0.2) is 35.1 Å². The second-order valence-electron chi connectivity index (χ2n) is 10.2. The average molecular weight is 508 g/mol. The highest BCUT2D eigenvalue weighted by atomic mass is 35.5. The Hall–Kier alpha value is -2.45. The summed E-state index contributed by atoms with van der Waals surface area (Å²) in [5.74, 6) is 0.981. The number of hydrogen-bond acceptors (Lipinski definition) is 6. The Morgan fingerprint density at radius 1 is 1.15 bits per heavy atom. The highest BCUT2D eigenvalue weighted by Gasteiger charge is 2.59. The van der Waals surface area contributed by atoms with Crippen LogP contribution < -0.4 is 20.3 Å². The maximum absolute atomic E-state index is 13.5. The maximum atomic E-state index is 13.5. The number of aliphatic carboxylic acids is 1. The number of nitrogens with zero attached hydrogens (tertiary/aromatic N) is 2. The number of carboxylic acid groups (broad SMARTS) is 1. The molecule has 4 aliphatic rings.